The van der Waals surface area contributed by atoms with Crippen molar-refractivity contribution in [3.8, 4) is 0 Å². The minimum absolute atomic E-state index is 0. The lowest BCUT2D eigenvalue weighted by Gasteiger charge is -2.37. The lowest BCUT2D eigenvalue weighted by atomic mass is 10.0. The van der Waals surface area contributed by atoms with Gasteiger partial charge in [0, 0.05) is 31.7 Å². The summed E-state index contributed by atoms with van der Waals surface area (Å²) in [4.78, 5) is 7.07. The van der Waals surface area contributed by atoms with Crippen LogP contribution in [0.4, 0.5) is 4.39 Å². The zero-order valence-corrected chi connectivity index (χ0v) is 20.6. The molecule has 1 saturated heterocycles. The molecule has 0 aliphatic carbocycles. The normalized spacial score (nSPS) is 17.5. The van der Waals surface area contributed by atoms with Gasteiger partial charge in [-0.2, -0.15) is 0 Å². The SMILES string of the molecule is CCNC(=NCC(O)c1ccc(F)cc1)NC1CCN(C(C)c2ccccc2)CC1.I. The number of rotatable bonds is 7. The molecule has 7 heteroatoms. The van der Waals surface area contributed by atoms with Crippen LogP contribution in [0.15, 0.2) is 59.6 Å². The fourth-order valence-electron chi connectivity index (χ4n) is 3.85. The van der Waals surface area contributed by atoms with Crippen LogP contribution in [0.25, 0.3) is 0 Å². The number of hydrogen-bond acceptors (Lipinski definition) is 3. The Labute approximate surface area is 202 Å². The molecular formula is C24H34FIN4O. The monoisotopic (exact) mass is 540 g/mol. The largest absolute Gasteiger partial charge is 0.386 e. The Kier molecular flexibility index (Phi) is 10.7. The fraction of sp³-hybridized carbons (Fsp3) is 0.458. The molecule has 170 valence electrons. The minimum atomic E-state index is -0.755. The van der Waals surface area contributed by atoms with E-state index in [1.807, 2.05) is 6.92 Å². The second kappa shape index (κ2) is 13.0. The summed E-state index contributed by atoms with van der Waals surface area (Å²) in [6.45, 7) is 7.34. The smallest absolute Gasteiger partial charge is 0.191 e. The Balaban J connectivity index is 0.00000341. The predicted molar refractivity (Wildman–Crippen MR) is 135 cm³/mol. The van der Waals surface area contributed by atoms with E-state index in [1.54, 1.807) is 12.1 Å². The van der Waals surface area contributed by atoms with E-state index >= 15 is 0 Å². The summed E-state index contributed by atoms with van der Waals surface area (Å²) in [5.41, 5.74) is 2.02. The summed E-state index contributed by atoms with van der Waals surface area (Å²) in [5, 5.41) is 17.1. The molecule has 2 unspecified atom stereocenters. The molecule has 31 heavy (non-hydrogen) atoms. The van der Waals surface area contributed by atoms with Crippen molar-refractivity contribution in [3.63, 3.8) is 0 Å². The highest BCUT2D eigenvalue weighted by molar-refractivity contribution is 14.0. The molecule has 1 fully saturated rings. The Morgan fingerprint density at radius 2 is 1.74 bits per heavy atom. The van der Waals surface area contributed by atoms with Crippen LogP contribution in [0.1, 0.15) is 50.0 Å². The van der Waals surface area contributed by atoms with Crippen LogP contribution in [0.2, 0.25) is 0 Å². The maximum atomic E-state index is 13.1. The molecule has 1 aliphatic rings. The number of aliphatic hydroxyl groups excluding tert-OH is 1. The van der Waals surface area contributed by atoms with E-state index in [0.717, 1.165) is 32.5 Å². The van der Waals surface area contributed by atoms with Crippen LogP contribution in [-0.2, 0) is 0 Å². The van der Waals surface area contributed by atoms with Gasteiger partial charge in [-0.05, 0) is 49.9 Å². The van der Waals surface area contributed by atoms with Crippen LogP contribution in [0.5, 0.6) is 0 Å². The first-order valence-corrected chi connectivity index (χ1v) is 10.8. The van der Waals surface area contributed by atoms with Gasteiger partial charge in [-0.25, -0.2) is 4.39 Å². The Morgan fingerprint density at radius 1 is 1.10 bits per heavy atom. The number of aliphatic hydroxyl groups is 1. The average Bonchev–Trinajstić information content (AvgIpc) is 2.78. The molecule has 1 aliphatic heterocycles. The van der Waals surface area contributed by atoms with E-state index in [4.69, 9.17) is 0 Å². The number of hydrogen-bond donors (Lipinski definition) is 3. The van der Waals surface area contributed by atoms with Gasteiger partial charge in [0.1, 0.15) is 5.82 Å². The van der Waals surface area contributed by atoms with Gasteiger partial charge in [-0.15, -0.1) is 24.0 Å². The molecule has 0 amide bonds. The standard InChI is InChI=1S/C24H33FN4O.HI/c1-3-26-24(27-17-23(30)20-9-11-21(25)12-10-20)28-22-13-15-29(16-14-22)18(2)19-7-5-4-6-8-19;/h4-12,18,22-23,30H,3,13-17H2,1-2H3,(H2,26,27,28);1H. The van der Waals surface area contributed by atoms with Crippen molar-refractivity contribution in [2.45, 2.75) is 44.9 Å². The van der Waals surface area contributed by atoms with Crippen LogP contribution in [0.3, 0.4) is 0 Å². The van der Waals surface area contributed by atoms with Crippen LogP contribution < -0.4 is 10.6 Å². The van der Waals surface area contributed by atoms with Crippen molar-refractivity contribution in [2.24, 2.45) is 4.99 Å². The summed E-state index contributed by atoms with van der Waals surface area (Å²) in [5.74, 6) is 0.408. The van der Waals surface area contributed by atoms with E-state index in [2.05, 4.69) is 57.8 Å². The molecule has 3 N–H and O–H groups in total. The third-order valence-electron chi connectivity index (χ3n) is 5.72. The average molecular weight is 540 g/mol. The summed E-state index contributed by atoms with van der Waals surface area (Å²) in [7, 11) is 0. The van der Waals surface area contributed by atoms with Crippen molar-refractivity contribution in [3.05, 3.63) is 71.5 Å². The molecule has 5 nitrogen and oxygen atoms in total. The minimum Gasteiger partial charge on any atom is -0.386 e. The molecule has 3 rings (SSSR count). The summed E-state index contributed by atoms with van der Waals surface area (Å²) < 4.78 is 13.1. The van der Waals surface area contributed by atoms with E-state index in [0.29, 0.717) is 23.6 Å². The number of nitrogens with one attached hydrogen (secondary N) is 2. The maximum Gasteiger partial charge on any atom is 0.191 e. The molecule has 2 atom stereocenters. The van der Waals surface area contributed by atoms with Gasteiger partial charge in [-0.1, -0.05) is 42.5 Å². The molecule has 2 aromatic rings. The molecule has 0 aromatic heterocycles. The first-order valence-electron chi connectivity index (χ1n) is 10.8. The van der Waals surface area contributed by atoms with Gasteiger partial charge in [0.2, 0.25) is 0 Å². The Morgan fingerprint density at radius 3 is 2.35 bits per heavy atom. The van der Waals surface area contributed by atoms with Crippen LogP contribution >= 0.6 is 24.0 Å². The zero-order chi connectivity index (χ0) is 21.3. The zero-order valence-electron chi connectivity index (χ0n) is 18.3. The van der Waals surface area contributed by atoms with Crippen molar-refractivity contribution in [1.29, 1.82) is 0 Å². The lowest BCUT2D eigenvalue weighted by molar-refractivity contribution is 0.158. The van der Waals surface area contributed by atoms with E-state index in [-0.39, 0.29) is 36.3 Å². The molecule has 0 radical (unpaired) electrons. The van der Waals surface area contributed by atoms with Crippen molar-refractivity contribution in [1.82, 2.24) is 15.5 Å². The van der Waals surface area contributed by atoms with Crippen LogP contribution in [-0.4, -0.2) is 48.2 Å². The summed E-state index contributed by atoms with van der Waals surface area (Å²) in [6, 6.07) is 17.3. The number of aliphatic imine (C=N–C) groups is 1. The summed E-state index contributed by atoms with van der Waals surface area (Å²) >= 11 is 0. The first kappa shape index (κ1) is 25.5. The fourth-order valence-corrected chi connectivity index (χ4v) is 3.85. The molecule has 0 spiro atoms. The topological polar surface area (TPSA) is 59.9 Å². The maximum absolute atomic E-state index is 13.1. The first-order chi connectivity index (χ1) is 14.6. The molecular weight excluding hydrogens is 506 g/mol. The second-order valence-corrected chi connectivity index (χ2v) is 7.83. The van der Waals surface area contributed by atoms with Gasteiger partial charge >= 0.3 is 0 Å². The molecule has 2 aromatic carbocycles. The summed E-state index contributed by atoms with van der Waals surface area (Å²) in [6.07, 6.45) is 1.33. The Hall–Kier alpha value is -1.71. The van der Waals surface area contributed by atoms with Gasteiger partial charge in [0.15, 0.2) is 5.96 Å². The molecule has 0 bridgehead atoms. The number of benzene rings is 2. The number of nitrogens with zero attached hydrogens (tertiary/aromatic N) is 2. The molecule has 1 heterocycles. The third-order valence-corrected chi connectivity index (χ3v) is 5.72. The second-order valence-electron chi connectivity index (χ2n) is 7.83. The van der Waals surface area contributed by atoms with Gasteiger partial charge < -0.3 is 15.7 Å². The van der Waals surface area contributed by atoms with Crippen molar-refractivity contribution >= 4 is 29.9 Å². The lowest BCUT2D eigenvalue weighted by Crippen LogP contribution is -2.49. The quantitative estimate of drug-likeness (QED) is 0.279. The van der Waals surface area contributed by atoms with Gasteiger partial charge in [0.25, 0.3) is 0 Å². The van der Waals surface area contributed by atoms with E-state index < -0.39 is 6.10 Å². The third kappa shape index (κ3) is 7.73. The van der Waals surface area contributed by atoms with Gasteiger partial charge in [-0.3, -0.25) is 9.89 Å². The Bertz CT molecular complexity index is 795. The number of likely N-dealkylation sites (tertiary alicyclic amines) is 1. The molecule has 0 saturated carbocycles. The predicted octanol–water partition coefficient (Wildman–Crippen LogP) is 4.26. The van der Waals surface area contributed by atoms with Crippen molar-refractivity contribution in [2.75, 3.05) is 26.2 Å². The van der Waals surface area contributed by atoms with Crippen molar-refractivity contribution < 1.29 is 9.50 Å². The van der Waals surface area contributed by atoms with Crippen LogP contribution in [0, 0.1) is 5.82 Å². The highest BCUT2D eigenvalue weighted by atomic mass is 127. The van der Waals surface area contributed by atoms with Gasteiger partial charge in [0.05, 0.1) is 12.6 Å². The highest BCUT2D eigenvalue weighted by Gasteiger charge is 2.24. The van der Waals surface area contributed by atoms with E-state index in [9.17, 15) is 9.50 Å². The number of guanidine groups is 1. The highest BCUT2D eigenvalue weighted by Crippen LogP contribution is 2.24. The van der Waals surface area contributed by atoms with E-state index in [1.165, 1.54) is 17.7 Å². The number of halogens is 2. The number of piperidine rings is 1.